The van der Waals surface area contributed by atoms with Crippen molar-refractivity contribution in [1.29, 1.82) is 0 Å². The summed E-state index contributed by atoms with van der Waals surface area (Å²) in [4.78, 5) is 5.48. The van der Waals surface area contributed by atoms with E-state index in [-0.39, 0.29) is 5.92 Å². The van der Waals surface area contributed by atoms with Crippen molar-refractivity contribution in [3.05, 3.63) is 157 Å². The summed E-state index contributed by atoms with van der Waals surface area (Å²) in [5.41, 5.74) is 2.13. The van der Waals surface area contributed by atoms with Crippen molar-refractivity contribution in [3.8, 4) is 0 Å². The van der Waals surface area contributed by atoms with Crippen molar-refractivity contribution < 1.29 is 4.57 Å². The molecule has 0 saturated heterocycles. The van der Waals surface area contributed by atoms with E-state index in [0.29, 0.717) is 0 Å². The van der Waals surface area contributed by atoms with Gasteiger partial charge in [0.15, 0.2) is 7.14 Å². The van der Waals surface area contributed by atoms with Crippen LogP contribution in [0.3, 0.4) is 0 Å². The molecular formula is C40H32NOP. The molecule has 0 saturated carbocycles. The molecule has 0 fully saturated rings. The Bertz CT molecular complexity index is 2240. The Morgan fingerprint density at radius 3 is 1.98 bits per heavy atom. The number of benzene rings is 5. The normalized spacial score (nSPS) is 21.4. The number of nitrogens with zero attached hydrogens (tertiary/aromatic N) is 1. The van der Waals surface area contributed by atoms with Gasteiger partial charge in [0.05, 0.1) is 16.4 Å². The SMILES string of the molecule is CC1(P(=O)(C2=CCC(c3nc4c5ccccc5c5ccccc5c4c4ccccc34)C=C2)c2ccccc2)C=CC=CC1. The topological polar surface area (TPSA) is 30.0 Å². The van der Waals surface area contributed by atoms with Crippen LogP contribution in [0.1, 0.15) is 31.4 Å². The molecule has 0 spiro atoms. The predicted molar refractivity (Wildman–Crippen MR) is 184 cm³/mol. The molecule has 0 bridgehead atoms. The second-order valence-electron chi connectivity index (χ2n) is 12.0. The van der Waals surface area contributed by atoms with Gasteiger partial charge in [0.25, 0.3) is 0 Å². The Balaban J connectivity index is 1.30. The molecule has 43 heavy (non-hydrogen) atoms. The minimum atomic E-state index is -2.98. The van der Waals surface area contributed by atoms with Gasteiger partial charge in [0.1, 0.15) is 0 Å². The van der Waals surface area contributed by atoms with Gasteiger partial charge in [-0.25, -0.2) is 0 Å². The Morgan fingerprint density at radius 1 is 0.721 bits per heavy atom. The van der Waals surface area contributed by atoms with Gasteiger partial charge in [-0.3, -0.25) is 4.98 Å². The Labute approximate surface area is 252 Å². The zero-order valence-electron chi connectivity index (χ0n) is 24.2. The number of hydrogen-bond donors (Lipinski definition) is 0. The van der Waals surface area contributed by atoms with Crippen LogP contribution in [0.25, 0.3) is 43.2 Å². The van der Waals surface area contributed by atoms with Crippen molar-refractivity contribution >= 4 is 55.7 Å². The van der Waals surface area contributed by atoms with Crippen molar-refractivity contribution in [2.75, 3.05) is 0 Å². The predicted octanol–water partition coefficient (Wildman–Crippen LogP) is 10.6. The lowest BCUT2D eigenvalue weighted by Crippen LogP contribution is -2.29. The molecule has 2 aliphatic rings. The third-order valence-electron chi connectivity index (χ3n) is 9.48. The van der Waals surface area contributed by atoms with Crippen molar-refractivity contribution in [2.24, 2.45) is 0 Å². The van der Waals surface area contributed by atoms with Crippen LogP contribution in [0.15, 0.2) is 151 Å². The molecule has 6 aromatic rings. The van der Waals surface area contributed by atoms with E-state index in [9.17, 15) is 0 Å². The van der Waals surface area contributed by atoms with E-state index in [1.54, 1.807) is 0 Å². The summed E-state index contributed by atoms with van der Waals surface area (Å²) in [5, 5.41) is 9.91. The minimum absolute atomic E-state index is 0.0853. The third kappa shape index (κ3) is 3.94. The summed E-state index contributed by atoms with van der Waals surface area (Å²) < 4.78 is 15.3. The van der Waals surface area contributed by atoms with Gasteiger partial charge in [-0.1, -0.05) is 146 Å². The average Bonchev–Trinajstić information content (AvgIpc) is 3.08. The van der Waals surface area contributed by atoms with Gasteiger partial charge in [-0.15, -0.1) is 0 Å². The van der Waals surface area contributed by atoms with Crippen LogP contribution in [0.2, 0.25) is 0 Å². The number of fused-ring (bicyclic) bond motifs is 8. The molecule has 0 amide bonds. The van der Waals surface area contributed by atoms with E-state index in [1.807, 2.05) is 36.4 Å². The lowest BCUT2D eigenvalue weighted by molar-refractivity contribution is 0.563. The third-order valence-corrected chi connectivity index (χ3v) is 13.3. The van der Waals surface area contributed by atoms with Crippen LogP contribution in [0.4, 0.5) is 0 Å². The number of pyridine rings is 1. The van der Waals surface area contributed by atoms with Gasteiger partial charge in [-0.05, 0) is 41.3 Å². The monoisotopic (exact) mass is 573 g/mol. The standard InChI is InChI=1S/C40H32NOP/c1-40(26-12-3-13-27-40)43(42,29-14-4-2-5-15-29)30-24-22-28(23-25-30)38-36-21-11-9-19-34(36)37-33-18-8-6-16-31(33)32-17-7-10-20-35(32)39(37)41-38/h2-22,24-26,28H,23,27H2,1H3. The molecule has 2 nitrogen and oxygen atoms in total. The summed E-state index contributed by atoms with van der Waals surface area (Å²) in [6.45, 7) is 2.15. The Morgan fingerprint density at radius 2 is 1.33 bits per heavy atom. The molecule has 1 heterocycles. The summed E-state index contributed by atoms with van der Waals surface area (Å²) in [5.74, 6) is 0.0853. The first-order chi connectivity index (χ1) is 21.1. The van der Waals surface area contributed by atoms with E-state index in [0.717, 1.165) is 34.7 Å². The van der Waals surface area contributed by atoms with Crippen LogP contribution >= 0.6 is 7.14 Å². The first kappa shape index (κ1) is 26.1. The molecule has 5 aromatic carbocycles. The van der Waals surface area contributed by atoms with Crippen molar-refractivity contribution in [1.82, 2.24) is 4.98 Å². The summed E-state index contributed by atoms with van der Waals surface area (Å²) in [6, 6.07) is 36.1. The van der Waals surface area contributed by atoms with Crippen LogP contribution < -0.4 is 5.30 Å². The molecule has 1 aromatic heterocycles. The molecular weight excluding hydrogens is 541 g/mol. The van der Waals surface area contributed by atoms with Gasteiger partial charge >= 0.3 is 0 Å². The van der Waals surface area contributed by atoms with E-state index in [1.165, 1.54) is 37.7 Å². The molecule has 2 aliphatic carbocycles. The summed E-state index contributed by atoms with van der Waals surface area (Å²) >= 11 is 0. The highest BCUT2D eigenvalue weighted by Crippen LogP contribution is 2.67. The van der Waals surface area contributed by atoms with Crippen LogP contribution in [0, 0.1) is 0 Å². The Kier molecular flexibility index (Phi) is 6.10. The maximum absolute atomic E-state index is 15.3. The van der Waals surface area contributed by atoms with E-state index >= 15 is 4.57 Å². The lowest BCUT2D eigenvalue weighted by atomic mass is 9.89. The highest BCUT2D eigenvalue weighted by atomic mass is 31.2. The second-order valence-corrected chi connectivity index (χ2v) is 15.3. The average molecular weight is 574 g/mol. The molecule has 0 aliphatic heterocycles. The molecule has 3 atom stereocenters. The van der Waals surface area contributed by atoms with Crippen LogP contribution in [-0.4, -0.2) is 10.1 Å². The first-order valence-electron chi connectivity index (χ1n) is 15.1. The number of aromatic nitrogens is 1. The summed E-state index contributed by atoms with van der Waals surface area (Å²) in [7, 11) is -2.98. The smallest absolute Gasteiger partial charge is 0.152 e. The second kappa shape index (κ2) is 10.0. The highest BCUT2D eigenvalue weighted by Gasteiger charge is 2.45. The minimum Gasteiger partial charge on any atom is -0.313 e. The largest absolute Gasteiger partial charge is 0.313 e. The maximum Gasteiger partial charge on any atom is 0.152 e. The van der Waals surface area contributed by atoms with Gasteiger partial charge in [0.2, 0.25) is 0 Å². The summed E-state index contributed by atoms with van der Waals surface area (Å²) in [6.07, 6.45) is 16.5. The van der Waals surface area contributed by atoms with Crippen molar-refractivity contribution in [2.45, 2.75) is 30.8 Å². The quantitative estimate of drug-likeness (QED) is 0.155. The highest BCUT2D eigenvalue weighted by molar-refractivity contribution is 7.77. The number of hydrogen-bond acceptors (Lipinski definition) is 2. The molecule has 3 heteroatoms. The molecule has 8 rings (SSSR count). The van der Waals surface area contributed by atoms with Gasteiger partial charge in [-0.2, -0.15) is 0 Å². The molecule has 3 unspecified atom stereocenters. The van der Waals surface area contributed by atoms with Crippen molar-refractivity contribution in [3.63, 3.8) is 0 Å². The molecule has 0 N–H and O–H groups in total. The maximum atomic E-state index is 15.3. The zero-order valence-corrected chi connectivity index (χ0v) is 25.0. The van der Waals surface area contributed by atoms with E-state index in [4.69, 9.17) is 4.98 Å². The number of allylic oxidation sites excluding steroid dienone is 8. The van der Waals surface area contributed by atoms with Gasteiger partial charge in [0, 0.05) is 32.7 Å². The lowest BCUT2D eigenvalue weighted by Gasteiger charge is -2.38. The fraction of sp³-hybridized carbons (Fsp3) is 0.125. The molecule has 208 valence electrons. The van der Waals surface area contributed by atoms with Crippen LogP contribution in [-0.2, 0) is 4.57 Å². The Hall–Kier alpha value is -4.52. The number of rotatable bonds is 4. The first-order valence-corrected chi connectivity index (χ1v) is 16.8. The fourth-order valence-electron chi connectivity index (χ4n) is 7.27. The van der Waals surface area contributed by atoms with E-state index in [2.05, 4.69) is 116 Å². The molecule has 0 radical (unpaired) electrons. The van der Waals surface area contributed by atoms with Crippen LogP contribution in [0.5, 0.6) is 0 Å². The zero-order chi connectivity index (χ0) is 29.0. The fourth-order valence-corrected chi connectivity index (χ4v) is 10.7. The van der Waals surface area contributed by atoms with E-state index < -0.39 is 12.3 Å². The van der Waals surface area contributed by atoms with Gasteiger partial charge < -0.3 is 4.57 Å².